The number of nitrogens with one attached hydrogen (secondary N) is 2. The molecule has 0 unspecified atom stereocenters. The summed E-state index contributed by atoms with van der Waals surface area (Å²) in [6, 6.07) is 0. The van der Waals surface area contributed by atoms with Crippen molar-refractivity contribution in [2.75, 3.05) is 19.6 Å². The number of guanidine groups is 1. The zero-order valence-electron chi connectivity index (χ0n) is 12.4. The summed E-state index contributed by atoms with van der Waals surface area (Å²) in [5, 5.41) is 6.72. The lowest BCUT2D eigenvalue weighted by molar-refractivity contribution is 0.350. The predicted octanol–water partition coefficient (Wildman–Crippen LogP) is 3.40. The molecule has 3 nitrogen and oxygen atoms in total. The molecule has 1 saturated carbocycles. The van der Waals surface area contributed by atoms with Gasteiger partial charge in [0.25, 0.3) is 0 Å². The quantitative estimate of drug-likeness (QED) is 0.444. The Morgan fingerprint density at radius 1 is 1.22 bits per heavy atom. The highest BCUT2D eigenvalue weighted by atomic mass is 127. The van der Waals surface area contributed by atoms with E-state index < -0.39 is 0 Å². The average Bonchev–Trinajstić information content (AvgIpc) is 2.70. The van der Waals surface area contributed by atoms with Gasteiger partial charge in [-0.2, -0.15) is 0 Å². The summed E-state index contributed by atoms with van der Waals surface area (Å²) in [5.41, 5.74) is 0.445. The fourth-order valence-corrected chi connectivity index (χ4v) is 2.30. The van der Waals surface area contributed by atoms with Crippen molar-refractivity contribution in [3.63, 3.8) is 0 Å². The summed E-state index contributed by atoms with van der Waals surface area (Å²) in [6.07, 6.45) is 5.42. The van der Waals surface area contributed by atoms with Gasteiger partial charge in [0.2, 0.25) is 0 Å². The number of hydrogen-bond donors (Lipinski definition) is 2. The van der Waals surface area contributed by atoms with Crippen molar-refractivity contribution < 1.29 is 0 Å². The van der Waals surface area contributed by atoms with Gasteiger partial charge in [-0.25, -0.2) is 0 Å². The highest BCUT2D eigenvalue weighted by Gasteiger charge is 2.28. The molecule has 0 amide bonds. The van der Waals surface area contributed by atoms with E-state index >= 15 is 0 Å². The molecule has 2 N–H and O–H groups in total. The normalized spacial score (nSPS) is 18.6. The Morgan fingerprint density at radius 3 is 2.33 bits per heavy atom. The molecule has 1 aliphatic carbocycles. The Bertz CT molecular complexity index is 245. The second-order valence-electron chi connectivity index (χ2n) is 5.99. The van der Waals surface area contributed by atoms with Crippen LogP contribution in [0.2, 0.25) is 0 Å². The zero-order chi connectivity index (χ0) is 12.7. The molecule has 0 atom stereocenters. The maximum atomic E-state index is 4.73. The van der Waals surface area contributed by atoms with E-state index in [1.54, 1.807) is 0 Å². The molecule has 0 spiro atoms. The first kappa shape index (κ1) is 18.0. The van der Waals surface area contributed by atoms with Gasteiger partial charge in [0.05, 0.1) is 0 Å². The minimum Gasteiger partial charge on any atom is -0.357 e. The van der Waals surface area contributed by atoms with Gasteiger partial charge < -0.3 is 10.6 Å². The number of nitrogens with zero attached hydrogens (tertiary/aromatic N) is 1. The van der Waals surface area contributed by atoms with Crippen molar-refractivity contribution >= 4 is 29.9 Å². The van der Waals surface area contributed by atoms with Crippen LogP contribution in [0.5, 0.6) is 0 Å². The minimum atomic E-state index is 0. The van der Waals surface area contributed by atoms with Crippen LogP contribution in [0.15, 0.2) is 4.99 Å². The molecule has 0 aliphatic heterocycles. The predicted molar refractivity (Wildman–Crippen MR) is 90.8 cm³/mol. The fraction of sp³-hybridized carbons (Fsp3) is 0.929. The standard InChI is InChI=1S/C14H29N3.HI/c1-5-15-13(16-10-12(2)3)17-11-14(4)8-6-7-9-14;/h12H,5-11H2,1-4H3,(H2,15,16,17);1H. The summed E-state index contributed by atoms with van der Waals surface area (Å²) in [6.45, 7) is 11.8. The lowest BCUT2D eigenvalue weighted by Crippen LogP contribution is -2.39. The van der Waals surface area contributed by atoms with Crippen LogP contribution in [0.1, 0.15) is 53.4 Å². The van der Waals surface area contributed by atoms with Crippen molar-refractivity contribution in [1.29, 1.82) is 0 Å². The number of hydrogen-bond acceptors (Lipinski definition) is 1. The smallest absolute Gasteiger partial charge is 0.191 e. The first-order valence-corrected chi connectivity index (χ1v) is 7.08. The largest absolute Gasteiger partial charge is 0.357 e. The Morgan fingerprint density at radius 2 is 1.83 bits per heavy atom. The molecule has 0 aromatic carbocycles. The summed E-state index contributed by atoms with van der Waals surface area (Å²) >= 11 is 0. The van der Waals surface area contributed by atoms with Crippen LogP contribution < -0.4 is 10.6 Å². The van der Waals surface area contributed by atoms with Crippen molar-refractivity contribution in [2.45, 2.75) is 53.4 Å². The van der Waals surface area contributed by atoms with Gasteiger partial charge in [0.15, 0.2) is 5.96 Å². The number of rotatable bonds is 5. The highest BCUT2D eigenvalue weighted by molar-refractivity contribution is 14.0. The van der Waals surface area contributed by atoms with Crippen molar-refractivity contribution in [2.24, 2.45) is 16.3 Å². The Hall–Kier alpha value is 0. The summed E-state index contributed by atoms with van der Waals surface area (Å²) in [5.74, 6) is 1.63. The molecule has 0 saturated heterocycles. The van der Waals surface area contributed by atoms with Gasteiger partial charge in [-0.15, -0.1) is 24.0 Å². The van der Waals surface area contributed by atoms with Crippen molar-refractivity contribution in [1.82, 2.24) is 10.6 Å². The summed E-state index contributed by atoms with van der Waals surface area (Å²) < 4.78 is 0. The van der Waals surface area contributed by atoms with Crippen LogP contribution >= 0.6 is 24.0 Å². The highest BCUT2D eigenvalue weighted by Crippen LogP contribution is 2.37. The SMILES string of the molecule is CCNC(=NCC1(C)CCCC1)NCC(C)C.I. The second-order valence-corrected chi connectivity index (χ2v) is 5.99. The van der Waals surface area contributed by atoms with Gasteiger partial charge in [-0.05, 0) is 31.1 Å². The monoisotopic (exact) mass is 367 g/mol. The molecule has 0 aromatic heterocycles. The third-order valence-electron chi connectivity index (χ3n) is 3.45. The van der Waals surface area contributed by atoms with Crippen LogP contribution in [-0.4, -0.2) is 25.6 Å². The van der Waals surface area contributed by atoms with Gasteiger partial charge >= 0.3 is 0 Å². The Kier molecular flexibility index (Phi) is 8.99. The zero-order valence-corrected chi connectivity index (χ0v) is 14.7. The van der Waals surface area contributed by atoms with Crippen molar-refractivity contribution in [3.05, 3.63) is 0 Å². The lowest BCUT2D eigenvalue weighted by atomic mass is 9.89. The van der Waals surface area contributed by atoms with Crippen molar-refractivity contribution in [3.8, 4) is 0 Å². The minimum absolute atomic E-state index is 0. The van der Waals surface area contributed by atoms with Crippen LogP contribution in [0.3, 0.4) is 0 Å². The molecular formula is C14H30IN3. The number of halogens is 1. The number of aliphatic imine (C=N–C) groups is 1. The Balaban J connectivity index is 0.00000289. The first-order chi connectivity index (χ1) is 8.06. The third-order valence-corrected chi connectivity index (χ3v) is 3.45. The lowest BCUT2D eigenvalue weighted by Gasteiger charge is -2.22. The summed E-state index contributed by atoms with van der Waals surface area (Å²) in [7, 11) is 0. The fourth-order valence-electron chi connectivity index (χ4n) is 2.30. The van der Waals surface area contributed by atoms with E-state index in [2.05, 4.69) is 38.3 Å². The maximum Gasteiger partial charge on any atom is 0.191 e. The van der Waals surface area contributed by atoms with E-state index in [-0.39, 0.29) is 24.0 Å². The summed E-state index contributed by atoms with van der Waals surface area (Å²) in [4.78, 5) is 4.73. The van der Waals surface area contributed by atoms with Crippen LogP contribution in [-0.2, 0) is 0 Å². The molecule has 0 bridgehead atoms. The molecule has 18 heavy (non-hydrogen) atoms. The molecule has 1 aliphatic rings. The van der Waals surface area contributed by atoms with Gasteiger partial charge in [-0.1, -0.05) is 33.6 Å². The van der Waals surface area contributed by atoms with E-state index in [0.717, 1.165) is 25.6 Å². The molecular weight excluding hydrogens is 337 g/mol. The molecule has 4 heteroatoms. The van der Waals surface area contributed by atoms with E-state index in [0.29, 0.717) is 11.3 Å². The van der Waals surface area contributed by atoms with Gasteiger partial charge in [-0.3, -0.25) is 4.99 Å². The third kappa shape index (κ3) is 6.81. The molecule has 0 radical (unpaired) electrons. The molecule has 1 rings (SSSR count). The molecule has 0 heterocycles. The van der Waals surface area contributed by atoms with E-state index in [4.69, 9.17) is 4.99 Å². The van der Waals surface area contributed by atoms with E-state index in [1.807, 2.05) is 0 Å². The Labute approximate surface area is 130 Å². The maximum absolute atomic E-state index is 4.73. The van der Waals surface area contributed by atoms with Gasteiger partial charge in [0, 0.05) is 19.6 Å². The second kappa shape index (κ2) is 8.99. The average molecular weight is 367 g/mol. The van der Waals surface area contributed by atoms with Gasteiger partial charge in [0.1, 0.15) is 0 Å². The van der Waals surface area contributed by atoms with E-state index in [1.165, 1.54) is 25.7 Å². The van der Waals surface area contributed by atoms with Crippen LogP contribution in [0.25, 0.3) is 0 Å². The van der Waals surface area contributed by atoms with Crippen LogP contribution in [0, 0.1) is 11.3 Å². The van der Waals surface area contributed by atoms with E-state index in [9.17, 15) is 0 Å². The first-order valence-electron chi connectivity index (χ1n) is 7.08. The van der Waals surface area contributed by atoms with Crippen LogP contribution in [0.4, 0.5) is 0 Å². The molecule has 108 valence electrons. The topological polar surface area (TPSA) is 36.4 Å². The molecule has 1 fully saturated rings. The molecule has 0 aromatic rings.